The molecule has 3 rings (SSSR count). The number of carbonyl (C=O) groups excluding carboxylic acids is 1. The van der Waals surface area contributed by atoms with Crippen LogP contribution in [0.15, 0.2) is 23.0 Å². The highest BCUT2D eigenvalue weighted by atomic mass is 16.7. The van der Waals surface area contributed by atoms with Crippen LogP contribution in [0.5, 0.6) is 0 Å². The Morgan fingerprint density at radius 1 is 1.32 bits per heavy atom. The van der Waals surface area contributed by atoms with Crippen molar-refractivity contribution in [3.63, 3.8) is 0 Å². The van der Waals surface area contributed by atoms with Gasteiger partial charge in [-0.2, -0.15) is 0 Å². The van der Waals surface area contributed by atoms with Crippen LogP contribution in [0.1, 0.15) is 33.1 Å². The maximum absolute atomic E-state index is 11.8. The minimum atomic E-state index is -1.80. The fourth-order valence-corrected chi connectivity index (χ4v) is 3.40. The van der Waals surface area contributed by atoms with Crippen LogP contribution in [0.4, 0.5) is 0 Å². The summed E-state index contributed by atoms with van der Waals surface area (Å²) in [6.07, 6.45) is 0.592. The normalized spacial score (nSPS) is 44.9. The molecule has 3 aliphatic heterocycles. The molecule has 0 amide bonds. The number of ether oxygens (including phenoxy) is 2. The van der Waals surface area contributed by atoms with E-state index in [1.165, 1.54) is 13.0 Å². The lowest BCUT2D eigenvalue weighted by Crippen LogP contribution is -2.54. The van der Waals surface area contributed by atoms with E-state index in [1.807, 2.05) is 0 Å². The van der Waals surface area contributed by atoms with Gasteiger partial charge in [-0.25, -0.2) is 4.79 Å². The molecule has 2 bridgehead atoms. The average Bonchev–Trinajstić information content (AvgIpc) is 2.87. The fourth-order valence-electron chi connectivity index (χ4n) is 3.40. The molecule has 7 heteroatoms. The summed E-state index contributed by atoms with van der Waals surface area (Å²) in [4.78, 5) is 11.8. The van der Waals surface area contributed by atoms with Crippen molar-refractivity contribution in [1.29, 1.82) is 0 Å². The molecule has 0 spiro atoms. The van der Waals surface area contributed by atoms with E-state index in [4.69, 9.17) is 9.47 Å². The van der Waals surface area contributed by atoms with E-state index in [1.54, 1.807) is 6.92 Å². The van der Waals surface area contributed by atoms with Gasteiger partial charge < -0.3 is 29.9 Å². The zero-order chi connectivity index (χ0) is 16.3. The van der Waals surface area contributed by atoms with Crippen LogP contribution in [-0.4, -0.2) is 56.1 Å². The SMILES string of the molecule is C[C@]12C=C3OC(=O)C(CO)=C3[C@H](O)C[C@](C)(O)[C@](O)(CC1)O2. The Hall–Kier alpha value is -1.25. The van der Waals surface area contributed by atoms with Gasteiger partial charge in [0.25, 0.3) is 0 Å². The van der Waals surface area contributed by atoms with Crippen molar-refractivity contribution in [3.05, 3.63) is 23.0 Å². The van der Waals surface area contributed by atoms with Crippen molar-refractivity contribution < 1.29 is 34.7 Å². The van der Waals surface area contributed by atoms with E-state index < -0.39 is 35.7 Å². The third kappa shape index (κ3) is 2.12. The van der Waals surface area contributed by atoms with E-state index in [0.717, 1.165) is 0 Å². The van der Waals surface area contributed by atoms with E-state index in [2.05, 4.69) is 0 Å². The lowest BCUT2D eigenvalue weighted by atomic mass is 9.83. The van der Waals surface area contributed by atoms with Gasteiger partial charge in [0.05, 0.1) is 23.9 Å². The van der Waals surface area contributed by atoms with Gasteiger partial charge in [-0.15, -0.1) is 0 Å². The molecule has 0 aromatic heterocycles. The average molecular weight is 312 g/mol. The monoisotopic (exact) mass is 312 g/mol. The molecule has 1 fully saturated rings. The number of rotatable bonds is 1. The minimum Gasteiger partial charge on any atom is -0.423 e. The second-order valence-corrected chi connectivity index (χ2v) is 6.64. The van der Waals surface area contributed by atoms with E-state index in [9.17, 15) is 25.2 Å². The third-order valence-electron chi connectivity index (χ3n) is 4.76. The summed E-state index contributed by atoms with van der Waals surface area (Å²) in [5.41, 5.74) is -2.57. The van der Waals surface area contributed by atoms with Crippen molar-refractivity contribution in [2.24, 2.45) is 0 Å². The van der Waals surface area contributed by atoms with Crippen LogP contribution in [0.25, 0.3) is 0 Å². The standard InChI is InChI=1S/C15H20O7/c1-13-3-4-15(20,22-13)14(2,19)5-9(17)11-8(7-16)12(18)21-10(11)6-13/h6,9,16-17,19-20H,3-5,7H2,1-2H3/t9-,13-,14+,15+/m1/s1. The van der Waals surface area contributed by atoms with Crippen molar-refractivity contribution >= 4 is 5.97 Å². The second kappa shape index (κ2) is 4.62. The highest BCUT2D eigenvalue weighted by Gasteiger charge is 2.57. The Morgan fingerprint density at radius 3 is 2.64 bits per heavy atom. The molecule has 0 aromatic carbocycles. The first-order valence-electron chi connectivity index (χ1n) is 7.23. The minimum absolute atomic E-state index is 0.0390. The van der Waals surface area contributed by atoms with Gasteiger partial charge in [0.15, 0.2) is 5.79 Å². The summed E-state index contributed by atoms with van der Waals surface area (Å²) in [6, 6.07) is 0. The highest BCUT2D eigenvalue weighted by Crippen LogP contribution is 2.48. The quantitative estimate of drug-likeness (QED) is 0.482. The fraction of sp³-hybridized carbons (Fsp3) is 0.667. The van der Waals surface area contributed by atoms with Gasteiger partial charge >= 0.3 is 5.97 Å². The largest absolute Gasteiger partial charge is 0.423 e. The molecule has 7 nitrogen and oxygen atoms in total. The molecule has 4 N–H and O–H groups in total. The van der Waals surface area contributed by atoms with Crippen molar-refractivity contribution in [2.75, 3.05) is 6.61 Å². The molecular formula is C15H20O7. The van der Waals surface area contributed by atoms with Gasteiger partial charge in [-0.3, -0.25) is 0 Å². The number of aliphatic hydroxyl groups is 4. The molecule has 122 valence electrons. The molecule has 1 saturated heterocycles. The molecule has 0 saturated carbocycles. The summed E-state index contributed by atoms with van der Waals surface area (Å²) in [5.74, 6) is -2.41. The molecule has 3 heterocycles. The summed E-state index contributed by atoms with van der Waals surface area (Å²) in [7, 11) is 0. The van der Waals surface area contributed by atoms with Crippen molar-refractivity contribution in [3.8, 4) is 0 Å². The molecule has 0 aliphatic carbocycles. The van der Waals surface area contributed by atoms with Crippen molar-refractivity contribution in [1.82, 2.24) is 0 Å². The van der Waals surface area contributed by atoms with Gasteiger partial charge in [0, 0.05) is 18.4 Å². The molecule has 4 atom stereocenters. The highest BCUT2D eigenvalue weighted by molar-refractivity contribution is 5.95. The third-order valence-corrected chi connectivity index (χ3v) is 4.76. The van der Waals surface area contributed by atoms with Gasteiger partial charge in [0.2, 0.25) is 0 Å². The topological polar surface area (TPSA) is 116 Å². The van der Waals surface area contributed by atoms with Crippen LogP contribution < -0.4 is 0 Å². The smallest absolute Gasteiger partial charge is 0.342 e. The Kier molecular flexibility index (Phi) is 3.29. The van der Waals surface area contributed by atoms with Crippen LogP contribution in [0, 0.1) is 0 Å². The van der Waals surface area contributed by atoms with Crippen LogP contribution in [0.2, 0.25) is 0 Å². The summed E-state index contributed by atoms with van der Waals surface area (Å²) in [5, 5.41) is 41.0. The Balaban J connectivity index is 2.17. The second-order valence-electron chi connectivity index (χ2n) is 6.64. The van der Waals surface area contributed by atoms with E-state index in [-0.39, 0.29) is 29.7 Å². The number of carbonyl (C=O) groups is 1. The molecule has 0 unspecified atom stereocenters. The maximum atomic E-state index is 11.8. The van der Waals surface area contributed by atoms with Crippen LogP contribution >= 0.6 is 0 Å². The lowest BCUT2D eigenvalue weighted by Gasteiger charge is -2.39. The van der Waals surface area contributed by atoms with Gasteiger partial charge in [-0.1, -0.05) is 0 Å². The molecule has 0 aromatic rings. The maximum Gasteiger partial charge on any atom is 0.342 e. The van der Waals surface area contributed by atoms with Gasteiger partial charge in [-0.05, 0) is 26.3 Å². The predicted molar refractivity (Wildman–Crippen MR) is 73.2 cm³/mol. The van der Waals surface area contributed by atoms with Gasteiger partial charge in [0.1, 0.15) is 11.4 Å². The zero-order valence-corrected chi connectivity index (χ0v) is 12.5. The van der Waals surface area contributed by atoms with Crippen LogP contribution in [-0.2, 0) is 14.3 Å². The zero-order valence-electron chi connectivity index (χ0n) is 12.5. The number of fused-ring (bicyclic) bond motifs is 3. The first-order valence-corrected chi connectivity index (χ1v) is 7.23. The summed E-state index contributed by atoms with van der Waals surface area (Å²) >= 11 is 0. The van der Waals surface area contributed by atoms with E-state index >= 15 is 0 Å². The Bertz CT molecular complexity index is 591. The predicted octanol–water partition coefficient (Wildman–Crippen LogP) is -0.511. The Labute approximate surface area is 127 Å². The number of hydrogen-bond acceptors (Lipinski definition) is 7. The van der Waals surface area contributed by atoms with Crippen molar-refractivity contribution in [2.45, 2.75) is 56.2 Å². The molecule has 0 radical (unpaired) electrons. The molecule has 3 aliphatic rings. The first-order chi connectivity index (χ1) is 10.1. The summed E-state index contributed by atoms with van der Waals surface area (Å²) < 4.78 is 10.8. The van der Waals surface area contributed by atoms with E-state index in [0.29, 0.717) is 6.42 Å². The number of hydrogen-bond donors (Lipinski definition) is 4. The molecule has 22 heavy (non-hydrogen) atoms. The number of aliphatic hydroxyl groups excluding tert-OH is 2. The number of esters is 1. The first kappa shape index (κ1) is 15.6. The molecular weight excluding hydrogens is 292 g/mol. The lowest BCUT2D eigenvalue weighted by molar-refractivity contribution is -0.297. The Morgan fingerprint density at radius 2 is 2.00 bits per heavy atom. The van der Waals surface area contributed by atoms with Crippen LogP contribution in [0.3, 0.4) is 0 Å². The summed E-state index contributed by atoms with van der Waals surface area (Å²) in [6.45, 7) is 2.50.